The van der Waals surface area contributed by atoms with Crippen LogP contribution in [0.1, 0.15) is 0 Å². The van der Waals surface area contributed by atoms with E-state index in [1.165, 1.54) is 0 Å². The second-order valence-electron chi connectivity index (χ2n) is 6.49. The van der Waals surface area contributed by atoms with Crippen molar-refractivity contribution in [3.8, 4) is 22.6 Å². The van der Waals surface area contributed by atoms with Gasteiger partial charge in [-0.25, -0.2) is 4.98 Å². The normalized spacial score (nSPS) is 11.2. The number of aromatic nitrogens is 2. The fraction of sp³-hybridized carbons (Fsp3) is 0.300. The van der Waals surface area contributed by atoms with Crippen molar-refractivity contribution >= 4 is 22.5 Å². The van der Waals surface area contributed by atoms with Crippen molar-refractivity contribution in [3.63, 3.8) is 0 Å². The Kier molecular flexibility index (Phi) is 5.68. The highest BCUT2D eigenvalue weighted by atomic mass is 35.5. The Hall–Kier alpha value is -2.57. The summed E-state index contributed by atoms with van der Waals surface area (Å²) < 4.78 is 12.4. The second kappa shape index (κ2) is 7.98. The van der Waals surface area contributed by atoms with Gasteiger partial charge in [-0.2, -0.15) is 0 Å². The van der Waals surface area contributed by atoms with Gasteiger partial charge in [-0.05, 0) is 43.9 Å². The summed E-state index contributed by atoms with van der Waals surface area (Å²) in [6.07, 6.45) is 1.68. The molecule has 0 N–H and O–H groups in total. The number of fused-ring (bicyclic) bond motifs is 1. The molecule has 1 aromatic carbocycles. The molecule has 27 heavy (non-hydrogen) atoms. The zero-order valence-electron chi connectivity index (χ0n) is 15.8. The van der Waals surface area contributed by atoms with Gasteiger partial charge in [0.2, 0.25) is 0 Å². The van der Waals surface area contributed by atoms with Crippen LogP contribution in [0.15, 0.2) is 41.3 Å². The molecule has 6 nitrogen and oxygen atoms in total. The van der Waals surface area contributed by atoms with Gasteiger partial charge in [0.15, 0.2) is 0 Å². The second-order valence-corrected chi connectivity index (χ2v) is 6.87. The minimum atomic E-state index is -0.0954. The number of likely N-dealkylation sites (N-methyl/N-ethyl adjacent to an activating group) is 1. The Morgan fingerprint density at radius 1 is 1.07 bits per heavy atom. The third-order valence-corrected chi connectivity index (χ3v) is 4.58. The van der Waals surface area contributed by atoms with Crippen LogP contribution >= 0.6 is 11.6 Å². The van der Waals surface area contributed by atoms with Crippen molar-refractivity contribution in [2.75, 3.05) is 34.9 Å². The molecule has 0 radical (unpaired) electrons. The molecule has 0 aliphatic heterocycles. The van der Waals surface area contributed by atoms with Crippen molar-refractivity contribution in [3.05, 3.63) is 52.0 Å². The molecule has 0 saturated carbocycles. The van der Waals surface area contributed by atoms with Crippen LogP contribution < -0.4 is 15.0 Å². The summed E-state index contributed by atoms with van der Waals surface area (Å²) in [5, 5.41) is 1.20. The Labute approximate surface area is 162 Å². The van der Waals surface area contributed by atoms with Crippen LogP contribution in [0.4, 0.5) is 0 Å². The lowest BCUT2D eigenvalue weighted by molar-refractivity contribution is 0.384. The summed E-state index contributed by atoms with van der Waals surface area (Å²) in [4.78, 5) is 19.5. The lowest BCUT2D eigenvalue weighted by atomic mass is 10.0. The van der Waals surface area contributed by atoms with Crippen LogP contribution in [-0.4, -0.2) is 49.3 Å². The number of pyridine rings is 2. The van der Waals surface area contributed by atoms with E-state index in [2.05, 4.69) is 4.98 Å². The van der Waals surface area contributed by atoms with Gasteiger partial charge < -0.3 is 18.9 Å². The predicted molar refractivity (Wildman–Crippen MR) is 108 cm³/mol. The van der Waals surface area contributed by atoms with E-state index < -0.39 is 0 Å². The van der Waals surface area contributed by atoms with E-state index >= 15 is 0 Å². The molecule has 0 saturated heterocycles. The first-order valence-corrected chi connectivity index (χ1v) is 8.88. The van der Waals surface area contributed by atoms with E-state index in [0.29, 0.717) is 28.8 Å². The molecule has 0 amide bonds. The Balaban J connectivity index is 2.26. The highest BCUT2D eigenvalue weighted by molar-refractivity contribution is 6.30. The van der Waals surface area contributed by atoms with Crippen molar-refractivity contribution in [1.82, 2.24) is 14.5 Å². The van der Waals surface area contributed by atoms with E-state index in [4.69, 9.17) is 21.1 Å². The highest BCUT2D eigenvalue weighted by Gasteiger charge is 2.14. The van der Waals surface area contributed by atoms with E-state index in [9.17, 15) is 4.79 Å². The summed E-state index contributed by atoms with van der Waals surface area (Å²) in [5.74, 6) is 1.25. The maximum atomic E-state index is 13.3. The monoisotopic (exact) mass is 387 g/mol. The summed E-state index contributed by atoms with van der Waals surface area (Å²) >= 11 is 6.07. The SMILES string of the molecule is COc1cc(OC)cc(-c2cc3cnc(Cl)cc3n(CCN(C)C)c2=O)c1. The zero-order valence-corrected chi connectivity index (χ0v) is 16.6. The van der Waals surface area contributed by atoms with Crippen LogP contribution in [0.3, 0.4) is 0 Å². The van der Waals surface area contributed by atoms with Crippen LogP contribution in [-0.2, 0) is 6.54 Å². The number of methoxy groups -OCH3 is 2. The zero-order chi connectivity index (χ0) is 19.6. The number of rotatable bonds is 6. The van der Waals surface area contributed by atoms with Crippen LogP contribution in [0, 0.1) is 0 Å². The van der Waals surface area contributed by atoms with Gasteiger partial charge in [-0.1, -0.05) is 11.6 Å². The van der Waals surface area contributed by atoms with Gasteiger partial charge in [0.1, 0.15) is 16.7 Å². The standard InChI is InChI=1S/C20H22ClN3O3/c1-23(2)5-6-24-18-11-19(21)22-12-14(18)9-17(20(24)25)13-7-15(26-3)10-16(8-13)27-4/h7-12H,5-6H2,1-4H3. The first-order chi connectivity index (χ1) is 12.9. The van der Waals surface area contributed by atoms with Gasteiger partial charge in [-0.15, -0.1) is 0 Å². The molecule has 142 valence electrons. The number of hydrogen-bond donors (Lipinski definition) is 0. The van der Waals surface area contributed by atoms with Gasteiger partial charge in [0.25, 0.3) is 5.56 Å². The molecule has 0 unspecified atom stereocenters. The Bertz CT molecular complexity index is 1010. The number of nitrogens with zero attached hydrogens (tertiary/aromatic N) is 3. The Morgan fingerprint density at radius 3 is 2.33 bits per heavy atom. The van der Waals surface area contributed by atoms with Gasteiger partial charge >= 0.3 is 0 Å². The summed E-state index contributed by atoms with van der Waals surface area (Å²) in [5.41, 5.74) is 1.96. The molecule has 3 rings (SSSR count). The maximum Gasteiger partial charge on any atom is 0.258 e. The van der Waals surface area contributed by atoms with Crippen LogP contribution in [0.25, 0.3) is 22.0 Å². The number of halogens is 1. The first-order valence-electron chi connectivity index (χ1n) is 8.50. The molecule has 2 heterocycles. The molecule has 7 heteroatoms. The van der Waals surface area contributed by atoms with Crippen LogP contribution in [0.2, 0.25) is 5.15 Å². The molecule has 0 aliphatic rings. The average molecular weight is 388 g/mol. The van der Waals surface area contributed by atoms with E-state index in [0.717, 1.165) is 23.0 Å². The molecular weight excluding hydrogens is 366 g/mol. The third-order valence-electron chi connectivity index (χ3n) is 4.38. The van der Waals surface area contributed by atoms with Crippen molar-refractivity contribution in [1.29, 1.82) is 0 Å². The lowest BCUT2D eigenvalue weighted by Crippen LogP contribution is -2.28. The van der Waals surface area contributed by atoms with Crippen molar-refractivity contribution in [2.45, 2.75) is 6.54 Å². The Morgan fingerprint density at radius 2 is 1.74 bits per heavy atom. The quantitative estimate of drug-likeness (QED) is 0.607. The summed E-state index contributed by atoms with van der Waals surface area (Å²) in [6.45, 7) is 1.26. The minimum Gasteiger partial charge on any atom is -0.497 e. The number of hydrogen-bond acceptors (Lipinski definition) is 5. The smallest absolute Gasteiger partial charge is 0.258 e. The van der Waals surface area contributed by atoms with E-state index in [-0.39, 0.29) is 5.56 Å². The van der Waals surface area contributed by atoms with Gasteiger partial charge in [0, 0.05) is 36.3 Å². The third kappa shape index (κ3) is 4.07. The molecule has 0 bridgehead atoms. The molecule has 2 aromatic heterocycles. The van der Waals surface area contributed by atoms with E-state index in [1.807, 2.05) is 37.2 Å². The molecule has 0 fully saturated rings. The molecule has 0 spiro atoms. The largest absolute Gasteiger partial charge is 0.497 e. The average Bonchev–Trinajstić information content (AvgIpc) is 2.66. The number of ether oxygens (including phenoxy) is 2. The van der Waals surface area contributed by atoms with Crippen LogP contribution in [0.5, 0.6) is 11.5 Å². The minimum absolute atomic E-state index is 0.0954. The molecule has 3 aromatic rings. The maximum absolute atomic E-state index is 13.3. The lowest BCUT2D eigenvalue weighted by Gasteiger charge is -2.16. The predicted octanol–water partition coefficient (Wildman–Crippen LogP) is 3.30. The first kappa shape index (κ1) is 19.2. The van der Waals surface area contributed by atoms with Gasteiger partial charge in [-0.3, -0.25) is 4.79 Å². The fourth-order valence-corrected chi connectivity index (χ4v) is 3.09. The van der Waals surface area contributed by atoms with E-state index in [1.54, 1.807) is 37.1 Å². The molecular formula is C20H22ClN3O3. The van der Waals surface area contributed by atoms with Crippen molar-refractivity contribution in [2.24, 2.45) is 0 Å². The highest BCUT2D eigenvalue weighted by Crippen LogP contribution is 2.30. The van der Waals surface area contributed by atoms with Gasteiger partial charge in [0.05, 0.1) is 19.7 Å². The molecule has 0 atom stereocenters. The molecule has 0 aliphatic carbocycles. The summed E-state index contributed by atoms with van der Waals surface area (Å²) in [6, 6.07) is 8.98. The fourth-order valence-electron chi connectivity index (χ4n) is 2.94. The summed E-state index contributed by atoms with van der Waals surface area (Å²) in [7, 11) is 7.11. The van der Waals surface area contributed by atoms with Crippen molar-refractivity contribution < 1.29 is 9.47 Å². The topological polar surface area (TPSA) is 56.6 Å². The number of benzene rings is 1.